The fraction of sp³-hybridized carbons (Fsp3) is 0.812. The molecule has 0 aromatic heterocycles. The van der Waals surface area contributed by atoms with Crippen molar-refractivity contribution in [1.29, 1.82) is 0 Å². The third-order valence-corrected chi connectivity index (χ3v) is 1.02. The lowest BCUT2D eigenvalue weighted by Crippen LogP contribution is -2.18. The molecule has 17 nitrogen and oxygen atoms in total. The zero-order chi connectivity index (χ0) is 44.4. The first-order valence-electron chi connectivity index (χ1n) is 16.4. The van der Waals surface area contributed by atoms with Gasteiger partial charge in [0.2, 0.25) is 35.4 Å². The van der Waals surface area contributed by atoms with Gasteiger partial charge in [-0.1, -0.05) is 90.0 Å². The first-order valence-corrected chi connectivity index (χ1v) is 16.4. The number of hydroxylamine groups is 1. The Morgan fingerprint density at radius 1 is 0.531 bits per heavy atom. The van der Waals surface area contributed by atoms with Crippen LogP contribution in [0, 0.1) is 0 Å². The fourth-order valence-electron chi connectivity index (χ4n) is 0.393. The zero-order valence-corrected chi connectivity index (χ0v) is 36.6. The Morgan fingerprint density at radius 2 is 0.673 bits per heavy atom. The lowest BCUT2D eigenvalue weighted by Gasteiger charge is -1.90. The fourth-order valence-corrected chi connectivity index (χ4v) is 0.393. The highest BCUT2D eigenvalue weighted by Crippen LogP contribution is 1.54. The van der Waals surface area contributed by atoms with Crippen molar-refractivity contribution in [3.05, 3.63) is 0 Å². The number of nitrogens with two attached hydrogens (primary N) is 6. The van der Waals surface area contributed by atoms with E-state index in [0.717, 1.165) is 13.1 Å². The summed E-state index contributed by atoms with van der Waals surface area (Å²) in [5.74, 6) is 3.21. The van der Waals surface area contributed by atoms with E-state index in [-0.39, 0.29) is 35.4 Å². The van der Waals surface area contributed by atoms with Crippen LogP contribution in [0.25, 0.3) is 0 Å². The Kier molecular flexibility index (Phi) is 359. The molecule has 6 amide bonds. The van der Waals surface area contributed by atoms with E-state index >= 15 is 0 Å². The lowest BCUT2D eigenvalue weighted by atomic mass is 10.6. The predicted molar refractivity (Wildman–Crippen MR) is 214 cm³/mol. The Balaban J connectivity index is -0.0000000199. The number of hydrogen-bond acceptors (Lipinski definition) is 11. The smallest absolute Gasteiger partial charge is 0.240 e. The van der Waals surface area contributed by atoms with E-state index in [9.17, 15) is 28.8 Å². The summed E-state index contributed by atoms with van der Waals surface area (Å²) in [7, 11) is 5.89. The van der Waals surface area contributed by atoms with Crippen molar-refractivity contribution < 1.29 is 38.4 Å². The summed E-state index contributed by atoms with van der Waals surface area (Å²) in [5.41, 5.74) is 24.8. The van der Waals surface area contributed by atoms with E-state index in [2.05, 4.69) is 54.6 Å². The van der Waals surface area contributed by atoms with Crippen LogP contribution in [0.15, 0.2) is 0 Å². The second-order valence-corrected chi connectivity index (χ2v) is 5.23. The Morgan fingerprint density at radius 3 is 0.673 bits per heavy atom. The first-order chi connectivity index (χ1) is 22.8. The molecule has 15 N–H and O–H groups in total. The molecule has 0 aliphatic rings. The molecular weight excluding hydrogens is 638 g/mol. The maximum atomic E-state index is 9.93. The van der Waals surface area contributed by atoms with Crippen LogP contribution in [0.2, 0.25) is 0 Å². The molecule has 0 atom stereocenters. The molecule has 0 heterocycles. The SMILES string of the molecule is CC.CC.CC.CC.CC.CC.CC(N)=O.CC(N)=O.CC(N)=O.CCN.CCNC(C)=O.CN.CNC(C)=O.CON.CONC(C)=O. The molecule has 0 spiro atoms. The van der Waals surface area contributed by atoms with Crippen molar-refractivity contribution in [3.63, 3.8) is 0 Å². The van der Waals surface area contributed by atoms with Gasteiger partial charge in [-0.3, -0.25) is 33.6 Å². The van der Waals surface area contributed by atoms with Gasteiger partial charge in [-0.25, -0.2) is 11.4 Å². The van der Waals surface area contributed by atoms with Gasteiger partial charge in [0.1, 0.15) is 0 Å². The average molecular weight is 730 g/mol. The van der Waals surface area contributed by atoms with Crippen LogP contribution in [0.5, 0.6) is 0 Å². The summed E-state index contributed by atoms with van der Waals surface area (Å²) < 4.78 is 0. The molecule has 17 heteroatoms. The van der Waals surface area contributed by atoms with Crippen LogP contribution in [0.1, 0.15) is 138 Å². The summed E-state index contributed by atoms with van der Waals surface area (Å²) in [6, 6.07) is 0. The molecule has 0 saturated heterocycles. The first kappa shape index (κ1) is 96.9. The Labute approximate surface area is 304 Å². The summed E-state index contributed by atoms with van der Waals surface area (Å²) in [6.45, 7) is 37.5. The maximum absolute atomic E-state index is 9.93. The highest BCUT2D eigenvalue weighted by Gasteiger charge is 1.79. The van der Waals surface area contributed by atoms with Gasteiger partial charge < -0.3 is 44.1 Å². The van der Waals surface area contributed by atoms with Gasteiger partial charge in [-0.05, 0) is 20.5 Å². The molecule has 0 rings (SSSR count). The largest absolute Gasteiger partial charge is 0.370 e. The van der Waals surface area contributed by atoms with Crippen LogP contribution in [0.4, 0.5) is 0 Å². The molecule has 0 bridgehead atoms. The summed E-state index contributed by atoms with van der Waals surface area (Å²) in [4.78, 5) is 65.1. The van der Waals surface area contributed by atoms with Gasteiger partial charge in [-0.15, -0.1) is 0 Å². The Hall–Kier alpha value is -3.38. The molecule has 312 valence electrons. The predicted octanol–water partition coefficient (Wildman–Crippen LogP) is 3.26. The van der Waals surface area contributed by atoms with Crippen LogP contribution < -0.4 is 50.7 Å². The minimum Gasteiger partial charge on any atom is -0.370 e. The maximum Gasteiger partial charge on any atom is 0.240 e. The number of hydrogen-bond donors (Lipinski definition) is 9. The van der Waals surface area contributed by atoms with Crippen molar-refractivity contribution in [2.45, 2.75) is 138 Å². The van der Waals surface area contributed by atoms with Crippen molar-refractivity contribution in [1.82, 2.24) is 16.1 Å². The van der Waals surface area contributed by atoms with E-state index in [1.165, 1.54) is 62.8 Å². The molecule has 0 aromatic rings. The summed E-state index contributed by atoms with van der Waals surface area (Å²) in [6.07, 6.45) is 0. The monoisotopic (exact) mass is 730 g/mol. The quantitative estimate of drug-likeness (QED) is 0.186. The van der Waals surface area contributed by atoms with E-state index in [1.807, 2.05) is 96.9 Å². The third kappa shape index (κ3) is 3800. The van der Waals surface area contributed by atoms with Crippen molar-refractivity contribution >= 4 is 35.4 Å². The second-order valence-electron chi connectivity index (χ2n) is 5.23. The number of primary amides is 3. The van der Waals surface area contributed by atoms with Crippen molar-refractivity contribution in [2.75, 3.05) is 41.4 Å². The van der Waals surface area contributed by atoms with Gasteiger partial charge in [0.05, 0.1) is 14.2 Å². The Bertz CT molecular complexity index is 447. The third-order valence-electron chi connectivity index (χ3n) is 1.02. The number of rotatable bonds is 2. The lowest BCUT2D eigenvalue weighted by molar-refractivity contribution is -0.129. The van der Waals surface area contributed by atoms with Crippen LogP contribution in [-0.2, 0) is 38.4 Å². The van der Waals surface area contributed by atoms with Gasteiger partial charge in [0.25, 0.3) is 0 Å². The molecule has 49 heavy (non-hydrogen) atoms. The molecular formula is C32H91N9O8. The van der Waals surface area contributed by atoms with E-state index < -0.39 is 0 Å². The van der Waals surface area contributed by atoms with Crippen LogP contribution >= 0.6 is 0 Å². The minimum absolute atomic E-state index is 0.00463. The number of carbonyl (C=O) groups excluding carboxylic acids is 6. The van der Waals surface area contributed by atoms with E-state index in [1.54, 1.807) is 7.05 Å². The molecule has 0 aliphatic heterocycles. The van der Waals surface area contributed by atoms with Crippen LogP contribution in [0.3, 0.4) is 0 Å². The van der Waals surface area contributed by atoms with E-state index in [0.29, 0.717) is 0 Å². The van der Waals surface area contributed by atoms with Gasteiger partial charge in [-0.2, -0.15) is 0 Å². The van der Waals surface area contributed by atoms with Gasteiger partial charge in [0, 0.05) is 55.1 Å². The zero-order valence-electron chi connectivity index (χ0n) is 36.6. The van der Waals surface area contributed by atoms with Crippen LogP contribution in [-0.4, -0.2) is 76.8 Å². The average Bonchev–Trinajstić information content (AvgIpc) is 3.04. The highest BCUT2D eigenvalue weighted by atomic mass is 16.6. The number of nitrogens with one attached hydrogen (secondary N) is 3. The highest BCUT2D eigenvalue weighted by molar-refractivity contribution is 5.73. The molecule has 0 aliphatic carbocycles. The molecule has 0 radical (unpaired) electrons. The molecule has 0 saturated carbocycles. The van der Waals surface area contributed by atoms with Crippen molar-refractivity contribution in [3.8, 4) is 0 Å². The number of amides is 6. The standard InChI is InChI=1S/C4H9NO.C3H7NO2.C3H7NO.3C2H5NO.C2H7N.6C2H6.CH5NO.CH5N/c1-3-5-4(2)6;1-3(5)4-6-2;1-3(5)4-2;3*1-2(3)4;1-2-3;6*1-2;1-3-2;1-2/h3H2,1-2H3,(H,5,6);1-2H3,(H,4,5);1-2H3,(H,4,5);3*1H3,(H2,3,4);2-3H2,1H3;6*1-2H3;2H2,1H3;2H2,1H3. The number of carbonyl (C=O) groups is 6. The molecule has 0 unspecified atom stereocenters. The normalized spacial score (nSPS) is 5.69. The summed E-state index contributed by atoms with van der Waals surface area (Å²) >= 11 is 0. The second kappa shape index (κ2) is 182. The van der Waals surface area contributed by atoms with E-state index in [4.69, 9.17) is 5.73 Å². The summed E-state index contributed by atoms with van der Waals surface area (Å²) in [5, 5.41) is 4.96. The van der Waals surface area contributed by atoms with Gasteiger partial charge in [0.15, 0.2) is 0 Å². The van der Waals surface area contributed by atoms with Crippen molar-refractivity contribution in [2.24, 2.45) is 34.6 Å². The molecule has 0 aromatic carbocycles. The minimum atomic E-state index is -0.333. The topological polar surface area (TPSA) is 313 Å². The molecule has 0 fully saturated rings. The van der Waals surface area contributed by atoms with Gasteiger partial charge >= 0.3 is 0 Å².